The smallest absolute Gasteiger partial charge is 0.358 e. The lowest BCUT2D eigenvalue weighted by Gasteiger charge is -2.14. The summed E-state index contributed by atoms with van der Waals surface area (Å²) in [5.74, 6) is 0. The lowest BCUT2D eigenvalue weighted by Crippen LogP contribution is -2.28. The maximum atomic E-state index is 12.6. The molecule has 26 heavy (non-hydrogen) atoms. The normalized spacial score (nSPS) is 11.3. The van der Waals surface area contributed by atoms with E-state index in [1.807, 2.05) is 13.0 Å². The van der Waals surface area contributed by atoms with Crippen LogP contribution in [0.5, 0.6) is 0 Å². The van der Waals surface area contributed by atoms with Crippen molar-refractivity contribution in [2.24, 2.45) is 0 Å². The quantitative estimate of drug-likeness (QED) is 0.615. The highest BCUT2D eigenvalue weighted by molar-refractivity contribution is 7.80. The third-order valence-corrected chi connectivity index (χ3v) is 4.34. The Bertz CT molecular complexity index is 740. The lowest BCUT2D eigenvalue weighted by atomic mass is 10.0. The zero-order valence-corrected chi connectivity index (χ0v) is 15.7. The summed E-state index contributed by atoms with van der Waals surface area (Å²) in [6.45, 7) is 4.55. The van der Waals surface area contributed by atoms with Crippen molar-refractivity contribution in [2.45, 2.75) is 45.8 Å². The number of nitrogens with one attached hydrogen (secondary N) is 2. The van der Waals surface area contributed by atoms with Gasteiger partial charge in [-0.3, -0.25) is 0 Å². The molecule has 2 aromatic carbocycles. The topological polar surface area (TPSA) is 24.1 Å². The van der Waals surface area contributed by atoms with Gasteiger partial charge in [0, 0.05) is 12.2 Å². The lowest BCUT2D eigenvalue weighted by molar-refractivity contribution is -0.137. The molecule has 0 bridgehead atoms. The third-order valence-electron chi connectivity index (χ3n) is 4.09. The molecule has 0 atom stereocenters. The van der Waals surface area contributed by atoms with Crippen LogP contribution in [0, 0.1) is 6.92 Å². The van der Waals surface area contributed by atoms with Crippen LogP contribution in [-0.4, -0.2) is 5.11 Å². The van der Waals surface area contributed by atoms with Crippen LogP contribution in [0.3, 0.4) is 0 Å². The maximum Gasteiger partial charge on any atom is 0.416 e. The first-order valence-corrected chi connectivity index (χ1v) is 9.01. The minimum Gasteiger partial charge on any atom is -0.358 e. The van der Waals surface area contributed by atoms with Crippen LogP contribution in [0.25, 0.3) is 0 Å². The highest BCUT2D eigenvalue weighted by atomic mass is 32.1. The number of thiocarbonyl (C=S) groups is 1. The monoisotopic (exact) mass is 380 g/mol. The van der Waals surface area contributed by atoms with E-state index in [-0.39, 0.29) is 0 Å². The molecule has 2 aromatic rings. The van der Waals surface area contributed by atoms with Gasteiger partial charge in [0.05, 0.1) is 5.56 Å². The van der Waals surface area contributed by atoms with Gasteiger partial charge >= 0.3 is 6.18 Å². The predicted octanol–water partition coefficient (Wildman–Crippen LogP) is 5.84. The second-order valence-corrected chi connectivity index (χ2v) is 6.66. The zero-order chi connectivity index (χ0) is 19.2. The number of rotatable bonds is 6. The van der Waals surface area contributed by atoms with Gasteiger partial charge in [0.15, 0.2) is 5.11 Å². The number of unbranched alkanes of at least 4 members (excludes halogenated alkanes) is 1. The summed E-state index contributed by atoms with van der Waals surface area (Å²) in [6, 6.07) is 11.3. The molecule has 0 spiro atoms. The molecule has 0 amide bonds. The van der Waals surface area contributed by atoms with Crippen molar-refractivity contribution in [2.75, 3.05) is 5.32 Å². The summed E-state index contributed by atoms with van der Waals surface area (Å²) < 4.78 is 37.7. The largest absolute Gasteiger partial charge is 0.416 e. The van der Waals surface area contributed by atoms with Gasteiger partial charge in [0.2, 0.25) is 0 Å². The highest BCUT2D eigenvalue weighted by Crippen LogP contribution is 2.29. The molecule has 0 aliphatic heterocycles. The van der Waals surface area contributed by atoms with Gasteiger partial charge < -0.3 is 10.6 Å². The molecule has 0 aliphatic rings. The number of halogens is 3. The Hall–Kier alpha value is -2.08. The Labute approximate surface area is 157 Å². The van der Waals surface area contributed by atoms with Gasteiger partial charge in [-0.1, -0.05) is 37.6 Å². The Morgan fingerprint density at radius 3 is 2.27 bits per heavy atom. The molecule has 140 valence electrons. The molecule has 0 aliphatic carbocycles. The minimum atomic E-state index is -4.32. The van der Waals surface area contributed by atoms with E-state index < -0.39 is 11.7 Å². The Morgan fingerprint density at radius 2 is 1.69 bits per heavy atom. The number of aryl methyl sites for hydroxylation is 2. The molecule has 0 aromatic heterocycles. The Kier molecular flexibility index (Phi) is 7.03. The van der Waals surface area contributed by atoms with Crippen molar-refractivity contribution >= 4 is 23.0 Å². The molecule has 0 radical (unpaired) electrons. The van der Waals surface area contributed by atoms with Gasteiger partial charge in [-0.05, 0) is 66.9 Å². The second-order valence-electron chi connectivity index (χ2n) is 6.26. The summed E-state index contributed by atoms with van der Waals surface area (Å²) in [6.07, 6.45) is -0.922. The molecule has 2 nitrogen and oxygen atoms in total. The van der Waals surface area contributed by atoms with Crippen molar-refractivity contribution in [1.82, 2.24) is 5.32 Å². The van der Waals surface area contributed by atoms with Crippen LogP contribution in [-0.2, 0) is 19.1 Å². The van der Waals surface area contributed by atoms with E-state index in [2.05, 4.69) is 29.7 Å². The molecule has 0 saturated heterocycles. The SMILES string of the molecule is CCCCc1ccc(NC(=S)NCc2ccc(C(F)(F)F)cc2)c(C)c1. The summed E-state index contributed by atoms with van der Waals surface area (Å²) in [4.78, 5) is 0. The van der Waals surface area contributed by atoms with Crippen LogP contribution in [0.15, 0.2) is 42.5 Å². The van der Waals surface area contributed by atoms with E-state index in [1.54, 1.807) is 0 Å². The third kappa shape index (κ3) is 6.02. The molecule has 0 unspecified atom stereocenters. The van der Waals surface area contributed by atoms with E-state index in [0.717, 1.165) is 41.8 Å². The van der Waals surface area contributed by atoms with E-state index in [0.29, 0.717) is 11.7 Å². The average Bonchev–Trinajstić information content (AvgIpc) is 2.60. The molecular weight excluding hydrogens is 357 g/mol. The van der Waals surface area contributed by atoms with Crippen LogP contribution in [0.1, 0.15) is 42.0 Å². The van der Waals surface area contributed by atoms with Crippen molar-refractivity contribution in [3.05, 3.63) is 64.7 Å². The first kappa shape index (κ1) is 20.2. The molecular formula is C20H23F3N2S. The van der Waals surface area contributed by atoms with Gasteiger partial charge in [-0.15, -0.1) is 0 Å². The molecule has 6 heteroatoms. The van der Waals surface area contributed by atoms with E-state index in [1.165, 1.54) is 24.1 Å². The number of hydrogen-bond acceptors (Lipinski definition) is 1. The fourth-order valence-electron chi connectivity index (χ4n) is 2.56. The Morgan fingerprint density at radius 1 is 1.04 bits per heavy atom. The number of benzene rings is 2. The van der Waals surface area contributed by atoms with Gasteiger partial charge in [0.25, 0.3) is 0 Å². The summed E-state index contributed by atoms with van der Waals surface area (Å²) in [5, 5.41) is 6.60. The molecule has 0 saturated carbocycles. The molecule has 2 N–H and O–H groups in total. The molecule has 2 rings (SSSR count). The van der Waals surface area contributed by atoms with Gasteiger partial charge in [-0.2, -0.15) is 13.2 Å². The standard InChI is InChI=1S/C20H23F3N2S/c1-3-4-5-15-8-11-18(14(2)12-15)25-19(26)24-13-16-6-9-17(10-7-16)20(21,22)23/h6-12H,3-5,13H2,1-2H3,(H2,24,25,26). The van der Waals surface area contributed by atoms with Crippen molar-refractivity contribution < 1.29 is 13.2 Å². The predicted molar refractivity (Wildman–Crippen MR) is 104 cm³/mol. The van der Waals surface area contributed by atoms with E-state index >= 15 is 0 Å². The first-order chi connectivity index (χ1) is 12.3. The fourth-order valence-corrected chi connectivity index (χ4v) is 2.74. The number of anilines is 1. The van der Waals surface area contributed by atoms with Crippen molar-refractivity contribution in [3.63, 3.8) is 0 Å². The number of alkyl halides is 3. The highest BCUT2D eigenvalue weighted by Gasteiger charge is 2.29. The fraction of sp³-hybridized carbons (Fsp3) is 0.350. The number of hydrogen-bond donors (Lipinski definition) is 2. The van der Waals surface area contributed by atoms with Gasteiger partial charge in [-0.25, -0.2) is 0 Å². The van der Waals surface area contributed by atoms with Crippen molar-refractivity contribution in [1.29, 1.82) is 0 Å². The zero-order valence-electron chi connectivity index (χ0n) is 14.9. The van der Waals surface area contributed by atoms with E-state index in [4.69, 9.17) is 12.2 Å². The second kappa shape index (κ2) is 9.03. The molecule has 0 heterocycles. The van der Waals surface area contributed by atoms with E-state index in [9.17, 15) is 13.2 Å². The van der Waals surface area contributed by atoms with Gasteiger partial charge in [0.1, 0.15) is 0 Å². The average molecular weight is 380 g/mol. The summed E-state index contributed by atoms with van der Waals surface area (Å²) in [7, 11) is 0. The summed E-state index contributed by atoms with van der Waals surface area (Å²) in [5.41, 5.74) is 3.42. The van der Waals surface area contributed by atoms with Crippen LogP contribution in [0.4, 0.5) is 18.9 Å². The minimum absolute atomic E-state index is 0.359. The summed E-state index contributed by atoms with van der Waals surface area (Å²) >= 11 is 5.28. The van der Waals surface area contributed by atoms with Crippen LogP contribution < -0.4 is 10.6 Å². The molecule has 0 fully saturated rings. The van der Waals surface area contributed by atoms with Crippen LogP contribution in [0.2, 0.25) is 0 Å². The van der Waals surface area contributed by atoms with Crippen molar-refractivity contribution in [3.8, 4) is 0 Å². The maximum absolute atomic E-state index is 12.6. The van der Waals surface area contributed by atoms with Crippen LogP contribution >= 0.6 is 12.2 Å². The first-order valence-electron chi connectivity index (χ1n) is 8.60. The Balaban J connectivity index is 1.89.